The van der Waals surface area contributed by atoms with Gasteiger partial charge in [-0.1, -0.05) is 18.2 Å². The fraction of sp³-hybridized carbons (Fsp3) is 0.0769. The average Bonchev–Trinajstić information content (AvgIpc) is 2.92. The molecule has 17 heavy (non-hydrogen) atoms. The molecule has 1 aromatic carbocycles. The topological polar surface area (TPSA) is 36.7 Å². The van der Waals surface area contributed by atoms with Crippen molar-refractivity contribution in [1.82, 2.24) is 4.98 Å². The molecule has 82 valence electrons. The molecular formula is C13H8N2S2. The first-order valence-corrected chi connectivity index (χ1v) is 6.83. The molecule has 0 aliphatic rings. The Bertz CT molecular complexity index is 731. The summed E-state index contributed by atoms with van der Waals surface area (Å²) in [5.74, 6) is 0. The molecule has 2 aromatic heterocycles. The van der Waals surface area contributed by atoms with Crippen molar-refractivity contribution in [2.24, 2.45) is 0 Å². The van der Waals surface area contributed by atoms with Crippen LogP contribution in [-0.2, 0) is 0 Å². The molecule has 0 atom stereocenters. The summed E-state index contributed by atoms with van der Waals surface area (Å²) in [5, 5.41) is 13.2. The second-order valence-electron chi connectivity index (χ2n) is 3.69. The Morgan fingerprint density at radius 2 is 2.12 bits per heavy atom. The molecule has 3 rings (SSSR count). The van der Waals surface area contributed by atoms with E-state index in [2.05, 4.69) is 28.6 Å². The molecule has 0 unspecified atom stereocenters. The van der Waals surface area contributed by atoms with Crippen molar-refractivity contribution in [2.45, 2.75) is 6.92 Å². The van der Waals surface area contributed by atoms with Crippen LogP contribution >= 0.6 is 22.7 Å². The van der Waals surface area contributed by atoms with E-state index in [4.69, 9.17) is 5.26 Å². The maximum Gasteiger partial charge on any atom is 0.128 e. The van der Waals surface area contributed by atoms with Gasteiger partial charge in [0.15, 0.2) is 0 Å². The van der Waals surface area contributed by atoms with Gasteiger partial charge in [0.1, 0.15) is 16.0 Å². The highest BCUT2D eigenvalue weighted by Crippen LogP contribution is 2.36. The van der Waals surface area contributed by atoms with Crippen LogP contribution in [0.2, 0.25) is 0 Å². The molecule has 4 heteroatoms. The first kappa shape index (κ1) is 10.5. The molecule has 0 fully saturated rings. The van der Waals surface area contributed by atoms with Gasteiger partial charge in [0.25, 0.3) is 0 Å². The Morgan fingerprint density at radius 3 is 2.88 bits per heavy atom. The quantitative estimate of drug-likeness (QED) is 0.654. The predicted molar refractivity (Wildman–Crippen MR) is 72.4 cm³/mol. The summed E-state index contributed by atoms with van der Waals surface area (Å²) < 4.78 is 1.26. The number of aromatic nitrogens is 1. The van der Waals surface area contributed by atoms with Gasteiger partial charge in [0.05, 0.1) is 5.69 Å². The minimum atomic E-state index is 0.704. The fourth-order valence-electron chi connectivity index (χ4n) is 1.76. The van der Waals surface area contributed by atoms with Gasteiger partial charge in [0.2, 0.25) is 0 Å². The highest BCUT2D eigenvalue weighted by atomic mass is 32.1. The highest BCUT2D eigenvalue weighted by Gasteiger charge is 2.12. The first-order chi connectivity index (χ1) is 8.29. The number of nitriles is 1. The lowest BCUT2D eigenvalue weighted by molar-refractivity contribution is 1.26. The number of fused-ring (bicyclic) bond motifs is 1. The standard InChI is InChI=1S/C13H8N2S2/c1-8-12(6-14)17-13(15-8)10-7-16-11-5-3-2-4-9(10)11/h2-5,7H,1H3. The van der Waals surface area contributed by atoms with E-state index >= 15 is 0 Å². The van der Waals surface area contributed by atoms with E-state index in [1.807, 2.05) is 19.1 Å². The van der Waals surface area contributed by atoms with Crippen molar-refractivity contribution in [3.63, 3.8) is 0 Å². The minimum Gasteiger partial charge on any atom is -0.240 e. The van der Waals surface area contributed by atoms with Gasteiger partial charge in [-0.15, -0.1) is 22.7 Å². The smallest absolute Gasteiger partial charge is 0.128 e. The predicted octanol–water partition coefficient (Wildman–Crippen LogP) is 4.20. The van der Waals surface area contributed by atoms with Crippen LogP contribution in [0.1, 0.15) is 10.6 Å². The Hall–Kier alpha value is -1.70. The third-order valence-corrected chi connectivity index (χ3v) is 4.67. The molecule has 0 bridgehead atoms. The Kier molecular flexibility index (Phi) is 2.43. The molecule has 3 aromatic rings. The number of hydrogen-bond acceptors (Lipinski definition) is 4. The zero-order chi connectivity index (χ0) is 11.8. The molecule has 0 N–H and O–H groups in total. The number of hydrogen-bond donors (Lipinski definition) is 0. The second-order valence-corrected chi connectivity index (χ2v) is 5.60. The van der Waals surface area contributed by atoms with Crippen LogP contribution in [0.25, 0.3) is 20.7 Å². The van der Waals surface area contributed by atoms with Crippen molar-refractivity contribution >= 4 is 32.8 Å². The van der Waals surface area contributed by atoms with E-state index < -0.39 is 0 Å². The number of benzene rings is 1. The molecule has 0 radical (unpaired) electrons. The van der Waals surface area contributed by atoms with E-state index in [-0.39, 0.29) is 0 Å². The zero-order valence-corrected chi connectivity index (χ0v) is 10.7. The van der Waals surface area contributed by atoms with Crippen LogP contribution in [0.3, 0.4) is 0 Å². The summed E-state index contributed by atoms with van der Waals surface area (Å²) in [4.78, 5) is 5.18. The first-order valence-electron chi connectivity index (χ1n) is 5.13. The molecule has 0 saturated carbocycles. The van der Waals surface area contributed by atoms with Crippen LogP contribution in [0.15, 0.2) is 29.6 Å². The Labute approximate surface area is 107 Å². The van der Waals surface area contributed by atoms with Gasteiger partial charge in [0, 0.05) is 21.0 Å². The van der Waals surface area contributed by atoms with E-state index in [1.165, 1.54) is 21.4 Å². The SMILES string of the molecule is Cc1nc(-c2csc3ccccc23)sc1C#N. The largest absolute Gasteiger partial charge is 0.240 e. The number of thiophene rings is 1. The number of rotatable bonds is 1. The van der Waals surface area contributed by atoms with Crippen LogP contribution in [-0.4, -0.2) is 4.98 Å². The van der Waals surface area contributed by atoms with E-state index in [9.17, 15) is 0 Å². The van der Waals surface area contributed by atoms with E-state index in [0.717, 1.165) is 16.3 Å². The van der Waals surface area contributed by atoms with E-state index in [1.54, 1.807) is 11.3 Å². The van der Waals surface area contributed by atoms with Crippen molar-refractivity contribution in [3.05, 3.63) is 40.2 Å². The van der Waals surface area contributed by atoms with Gasteiger partial charge >= 0.3 is 0 Å². The number of nitrogens with zero attached hydrogens (tertiary/aromatic N) is 2. The van der Waals surface area contributed by atoms with Crippen LogP contribution < -0.4 is 0 Å². The summed E-state index contributed by atoms with van der Waals surface area (Å²) in [7, 11) is 0. The summed E-state index contributed by atoms with van der Waals surface area (Å²) in [6, 6.07) is 10.5. The zero-order valence-electron chi connectivity index (χ0n) is 9.10. The summed E-state index contributed by atoms with van der Waals surface area (Å²) >= 11 is 3.18. The van der Waals surface area contributed by atoms with Crippen molar-refractivity contribution in [2.75, 3.05) is 0 Å². The third kappa shape index (κ3) is 1.64. The Morgan fingerprint density at radius 1 is 1.29 bits per heavy atom. The summed E-state index contributed by atoms with van der Waals surface area (Å²) in [6.45, 7) is 1.88. The molecule has 2 nitrogen and oxygen atoms in total. The van der Waals surface area contributed by atoms with Crippen molar-refractivity contribution in [1.29, 1.82) is 5.26 Å². The normalized spacial score (nSPS) is 10.6. The van der Waals surface area contributed by atoms with Gasteiger partial charge < -0.3 is 0 Å². The average molecular weight is 256 g/mol. The molecule has 0 spiro atoms. The van der Waals surface area contributed by atoms with Crippen molar-refractivity contribution < 1.29 is 0 Å². The lowest BCUT2D eigenvalue weighted by atomic mass is 10.2. The lowest BCUT2D eigenvalue weighted by Crippen LogP contribution is -1.75. The van der Waals surface area contributed by atoms with Crippen LogP contribution in [0.5, 0.6) is 0 Å². The molecule has 0 amide bonds. The van der Waals surface area contributed by atoms with Crippen molar-refractivity contribution in [3.8, 4) is 16.6 Å². The number of thiazole rings is 1. The maximum absolute atomic E-state index is 8.97. The molecular weight excluding hydrogens is 248 g/mol. The second kappa shape index (κ2) is 3.95. The number of aryl methyl sites for hydroxylation is 1. The highest BCUT2D eigenvalue weighted by molar-refractivity contribution is 7.19. The minimum absolute atomic E-state index is 0.704. The fourth-order valence-corrected chi connectivity index (χ4v) is 3.67. The summed E-state index contributed by atoms with van der Waals surface area (Å²) in [5.41, 5.74) is 1.96. The summed E-state index contributed by atoms with van der Waals surface area (Å²) in [6.07, 6.45) is 0. The van der Waals surface area contributed by atoms with Crippen LogP contribution in [0.4, 0.5) is 0 Å². The lowest BCUT2D eigenvalue weighted by Gasteiger charge is -1.92. The monoisotopic (exact) mass is 256 g/mol. The van der Waals surface area contributed by atoms with Gasteiger partial charge in [-0.2, -0.15) is 5.26 Å². The molecule has 0 saturated heterocycles. The molecule has 0 aliphatic carbocycles. The maximum atomic E-state index is 8.97. The molecule has 0 aliphatic heterocycles. The third-order valence-electron chi connectivity index (χ3n) is 2.61. The van der Waals surface area contributed by atoms with Gasteiger partial charge in [-0.3, -0.25) is 0 Å². The van der Waals surface area contributed by atoms with Gasteiger partial charge in [-0.25, -0.2) is 4.98 Å². The van der Waals surface area contributed by atoms with Crippen LogP contribution in [0, 0.1) is 18.3 Å². The molecule has 2 heterocycles. The Balaban J connectivity index is 2.24. The van der Waals surface area contributed by atoms with E-state index in [0.29, 0.717) is 4.88 Å². The van der Waals surface area contributed by atoms with Gasteiger partial charge in [-0.05, 0) is 13.0 Å².